The number of aryl methyl sites for hydroxylation is 1. The quantitative estimate of drug-likeness (QED) is 0.592. The van der Waals surface area contributed by atoms with Gasteiger partial charge >= 0.3 is 0 Å². The van der Waals surface area contributed by atoms with Crippen molar-refractivity contribution < 1.29 is 0 Å². The van der Waals surface area contributed by atoms with Crippen LogP contribution in [0, 0.1) is 11.3 Å². The Kier molecular flexibility index (Phi) is 6.03. The Hall–Kier alpha value is -2.07. The fourth-order valence-electron chi connectivity index (χ4n) is 2.56. The Bertz CT molecular complexity index is 590. The molecule has 0 aliphatic carbocycles. The molecule has 2 rings (SSSR count). The fraction of sp³-hybridized carbons (Fsp3) is 0.350. The molecule has 0 aliphatic heterocycles. The summed E-state index contributed by atoms with van der Waals surface area (Å²) in [5.74, 6) is 0. The highest BCUT2D eigenvalue weighted by Crippen LogP contribution is 2.21. The summed E-state index contributed by atoms with van der Waals surface area (Å²) in [6.45, 7) is 2.25. The van der Waals surface area contributed by atoms with Crippen LogP contribution in [0.4, 0.5) is 0 Å². The summed E-state index contributed by atoms with van der Waals surface area (Å²) < 4.78 is 0. The molecule has 0 bridgehead atoms. The molecule has 0 heterocycles. The van der Waals surface area contributed by atoms with E-state index in [2.05, 4.69) is 43.3 Å². The van der Waals surface area contributed by atoms with Crippen LogP contribution < -0.4 is 0 Å². The minimum atomic E-state index is 0.715. The minimum absolute atomic E-state index is 0.715. The summed E-state index contributed by atoms with van der Waals surface area (Å²) in [6, 6.07) is 18.7. The molecule has 0 aliphatic rings. The second kappa shape index (κ2) is 8.27. The Morgan fingerprint density at radius 2 is 1.62 bits per heavy atom. The van der Waals surface area contributed by atoms with E-state index in [0.29, 0.717) is 5.56 Å². The van der Waals surface area contributed by atoms with E-state index < -0.39 is 0 Å². The van der Waals surface area contributed by atoms with E-state index in [1.54, 1.807) is 0 Å². The van der Waals surface area contributed by atoms with E-state index in [1.807, 2.05) is 18.2 Å². The third kappa shape index (κ3) is 4.76. The van der Waals surface area contributed by atoms with Crippen LogP contribution in [-0.2, 0) is 6.42 Å². The molecule has 2 aromatic carbocycles. The molecule has 0 atom stereocenters. The van der Waals surface area contributed by atoms with Gasteiger partial charge in [-0.15, -0.1) is 0 Å². The van der Waals surface area contributed by atoms with Crippen molar-refractivity contribution in [1.82, 2.24) is 0 Å². The highest BCUT2D eigenvalue weighted by Gasteiger charge is 2.00. The summed E-state index contributed by atoms with van der Waals surface area (Å²) in [6.07, 6.45) is 7.80. The van der Waals surface area contributed by atoms with Crippen molar-refractivity contribution in [2.45, 2.75) is 45.4 Å². The lowest BCUT2D eigenvalue weighted by atomic mass is 10.00. The van der Waals surface area contributed by atoms with Crippen LogP contribution >= 0.6 is 0 Å². The van der Waals surface area contributed by atoms with Gasteiger partial charge in [0.2, 0.25) is 0 Å². The van der Waals surface area contributed by atoms with E-state index in [-0.39, 0.29) is 0 Å². The zero-order valence-corrected chi connectivity index (χ0v) is 12.8. The van der Waals surface area contributed by atoms with Crippen molar-refractivity contribution in [3.8, 4) is 17.2 Å². The topological polar surface area (TPSA) is 23.8 Å². The van der Waals surface area contributed by atoms with Gasteiger partial charge in [-0.25, -0.2) is 0 Å². The molecule has 1 heteroatoms. The van der Waals surface area contributed by atoms with E-state index in [0.717, 1.165) is 5.56 Å². The maximum absolute atomic E-state index is 8.96. The van der Waals surface area contributed by atoms with Crippen LogP contribution in [0.5, 0.6) is 0 Å². The number of unbranched alkanes of at least 4 members (excludes halogenated alkanes) is 4. The van der Waals surface area contributed by atoms with Crippen LogP contribution in [0.2, 0.25) is 0 Å². The van der Waals surface area contributed by atoms with Gasteiger partial charge in [0, 0.05) is 0 Å². The van der Waals surface area contributed by atoms with Crippen molar-refractivity contribution in [1.29, 1.82) is 5.26 Å². The zero-order chi connectivity index (χ0) is 14.9. The highest BCUT2D eigenvalue weighted by atomic mass is 14.2. The minimum Gasteiger partial charge on any atom is -0.192 e. The summed E-state index contributed by atoms with van der Waals surface area (Å²) >= 11 is 0. The summed E-state index contributed by atoms with van der Waals surface area (Å²) in [5, 5.41) is 8.96. The fourth-order valence-corrected chi connectivity index (χ4v) is 2.56. The molecule has 0 saturated carbocycles. The van der Waals surface area contributed by atoms with Gasteiger partial charge in [-0.05, 0) is 41.7 Å². The predicted molar refractivity (Wildman–Crippen MR) is 89.1 cm³/mol. The Labute approximate surface area is 128 Å². The van der Waals surface area contributed by atoms with Crippen LogP contribution in [0.1, 0.15) is 50.2 Å². The number of nitriles is 1. The van der Waals surface area contributed by atoms with Gasteiger partial charge in [-0.1, -0.05) is 69.0 Å². The monoisotopic (exact) mass is 277 g/mol. The van der Waals surface area contributed by atoms with Crippen molar-refractivity contribution >= 4 is 0 Å². The zero-order valence-electron chi connectivity index (χ0n) is 12.8. The molecule has 2 aromatic rings. The van der Waals surface area contributed by atoms with E-state index in [9.17, 15) is 0 Å². The molecule has 0 saturated heterocycles. The van der Waals surface area contributed by atoms with Gasteiger partial charge in [-0.2, -0.15) is 5.26 Å². The Balaban J connectivity index is 1.94. The number of nitrogens with zero attached hydrogens (tertiary/aromatic N) is 1. The number of benzene rings is 2. The van der Waals surface area contributed by atoms with Crippen molar-refractivity contribution in [3.05, 3.63) is 59.7 Å². The Morgan fingerprint density at radius 3 is 2.33 bits per heavy atom. The second-order valence-corrected chi connectivity index (χ2v) is 5.55. The van der Waals surface area contributed by atoms with Crippen LogP contribution in [0.25, 0.3) is 11.1 Å². The molecular weight excluding hydrogens is 254 g/mol. The van der Waals surface area contributed by atoms with Crippen LogP contribution in [-0.4, -0.2) is 0 Å². The molecule has 108 valence electrons. The maximum Gasteiger partial charge on any atom is 0.0991 e. The highest BCUT2D eigenvalue weighted by molar-refractivity contribution is 5.65. The molecule has 0 radical (unpaired) electrons. The van der Waals surface area contributed by atoms with Gasteiger partial charge in [0.15, 0.2) is 0 Å². The first kappa shape index (κ1) is 15.3. The smallest absolute Gasteiger partial charge is 0.0991 e. The largest absolute Gasteiger partial charge is 0.192 e. The van der Waals surface area contributed by atoms with E-state index in [4.69, 9.17) is 5.26 Å². The standard InChI is InChI=1S/C20H23N/c1-2-3-4-5-6-8-17-11-13-19(14-12-17)20-10-7-9-18(15-20)16-21/h7,9-15H,2-6,8H2,1H3. The Morgan fingerprint density at radius 1 is 0.857 bits per heavy atom. The van der Waals surface area contributed by atoms with E-state index in [1.165, 1.54) is 49.7 Å². The van der Waals surface area contributed by atoms with Gasteiger partial charge < -0.3 is 0 Å². The molecule has 21 heavy (non-hydrogen) atoms. The average Bonchev–Trinajstić information content (AvgIpc) is 2.55. The van der Waals surface area contributed by atoms with Gasteiger partial charge in [0.05, 0.1) is 11.6 Å². The van der Waals surface area contributed by atoms with Crippen LogP contribution in [0.3, 0.4) is 0 Å². The predicted octanol–water partition coefficient (Wildman–Crippen LogP) is 5.74. The van der Waals surface area contributed by atoms with Crippen molar-refractivity contribution in [2.24, 2.45) is 0 Å². The molecule has 1 nitrogen and oxygen atoms in total. The third-order valence-corrected chi connectivity index (χ3v) is 3.85. The van der Waals surface area contributed by atoms with Gasteiger partial charge in [0.1, 0.15) is 0 Å². The lowest BCUT2D eigenvalue weighted by molar-refractivity contribution is 0.632. The summed E-state index contributed by atoms with van der Waals surface area (Å²) in [7, 11) is 0. The molecule has 0 amide bonds. The second-order valence-electron chi connectivity index (χ2n) is 5.55. The number of hydrogen-bond donors (Lipinski definition) is 0. The lowest BCUT2D eigenvalue weighted by Crippen LogP contribution is -1.87. The molecule has 0 unspecified atom stereocenters. The third-order valence-electron chi connectivity index (χ3n) is 3.85. The molecule has 0 N–H and O–H groups in total. The average molecular weight is 277 g/mol. The van der Waals surface area contributed by atoms with Crippen LogP contribution in [0.15, 0.2) is 48.5 Å². The summed E-state index contributed by atoms with van der Waals surface area (Å²) in [5.41, 5.74) is 4.42. The number of rotatable bonds is 7. The molecule has 0 fully saturated rings. The maximum atomic E-state index is 8.96. The first-order valence-corrected chi connectivity index (χ1v) is 7.93. The number of hydrogen-bond acceptors (Lipinski definition) is 1. The molecule has 0 spiro atoms. The van der Waals surface area contributed by atoms with E-state index >= 15 is 0 Å². The first-order chi connectivity index (χ1) is 10.3. The SMILES string of the molecule is CCCCCCCc1ccc(-c2cccc(C#N)c2)cc1. The van der Waals surface area contributed by atoms with Crippen molar-refractivity contribution in [3.63, 3.8) is 0 Å². The summed E-state index contributed by atoms with van der Waals surface area (Å²) in [4.78, 5) is 0. The molecular formula is C20H23N. The van der Waals surface area contributed by atoms with Crippen molar-refractivity contribution in [2.75, 3.05) is 0 Å². The lowest BCUT2D eigenvalue weighted by Gasteiger charge is -2.05. The van der Waals surface area contributed by atoms with Gasteiger partial charge in [0.25, 0.3) is 0 Å². The normalized spacial score (nSPS) is 10.3. The molecule has 0 aromatic heterocycles. The van der Waals surface area contributed by atoms with Gasteiger partial charge in [-0.3, -0.25) is 0 Å². The first-order valence-electron chi connectivity index (χ1n) is 7.93.